The first-order valence-electron chi connectivity index (χ1n) is 8.60. The molecule has 2 aromatic rings. The van der Waals surface area contributed by atoms with Gasteiger partial charge in [-0.15, -0.1) is 0 Å². The number of aromatic nitrogens is 2. The number of carbonyl (C=O) groups excluding carboxylic acids is 1. The fourth-order valence-corrected chi connectivity index (χ4v) is 3.34. The van der Waals surface area contributed by atoms with Crippen molar-refractivity contribution in [3.05, 3.63) is 54.1 Å². The van der Waals surface area contributed by atoms with Gasteiger partial charge >= 0.3 is 0 Å². The van der Waals surface area contributed by atoms with Crippen LogP contribution in [-0.4, -0.2) is 38.6 Å². The lowest BCUT2D eigenvalue weighted by molar-refractivity contribution is -0.136. The number of benzene rings is 1. The molecule has 0 bridgehead atoms. The maximum absolute atomic E-state index is 12.6. The quantitative estimate of drug-likeness (QED) is 0.917. The Kier molecular flexibility index (Phi) is 5.30. The zero-order valence-electron chi connectivity index (χ0n) is 14.1. The molecule has 1 N–H and O–H groups in total. The minimum atomic E-state index is -0.232. The summed E-state index contributed by atoms with van der Waals surface area (Å²) in [6.45, 7) is 1.27. The predicted molar refractivity (Wildman–Crippen MR) is 92.2 cm³/mol. The summed E-state index contributed by atoms with van der Waals surface area (Å²) < 4.78 is 2.09. The second kappa shape index (κ2) is 7.62. The summed E-state index contributed by atoms with van der Waals surface area (Å²) in [6, 6.07) is 10.2. The molecule has 5 heteroatoms. The van der Waals surface area contributed by atoms with E-state index in [2.05, 4.69) is 21.7 Å². The molecule has 0 radical (unpaired) electrons. The SMILES string of the molecule is CN(Cc1nccn1Cc1ccccc1)C(=O)C1CCC(O)CC1. The normalized spacial score (nSPS) is 20.8. The molecule has 0 aliphatic heterocycles. The lowest BCUT2D eigenvalue weighted by Crippen LogP contribution is -2.36. The van der Waals surface area contributed by atoms with E-state index in [0.717, 1.165) is 38.1 Å². The first-order chi connectivity index (χ1) is 11.6. The standard InChI is InChI=1S/C19H25N3O2/c1-21(19(24)16-7-9-17(23)10-8-16)14-18-20-11-12-22(18)13-15-5-3-2-4-6-15/h2-6,11-12,16-17,23H,7-10,13-14H2,1H3. The van der Waals surface area contributed by atoms with Crippen LogP contribution < -0.4 is 0 Å². The van der Waals surface area contributed by atoms with Gasteiger partial charge in [-0.25, -0.2) is 4.98 Å². The van der Waals surface area contributed by atoms with Gasteiger partial charge in [0, 0.05) is 31.9 Å². The van der Waals surface area contributed by atoms with Crippen LogP contribution in [0.1, 0.15) is 37.1 Å². The van der Waals surface area contributed by atoms with Crippen LogP contribution in [0, 0.1) is 5.92 Å². The number of amides is 1. The molecule has 0 saturated heterocycles. The molecule has 1 heterocycles. The van der Waals surface area contributed by atoms with Crippen molar-refractivity contribution >= 4 is 5.91 Å². The maximum Gasteiger partial charge on any atom is 0.225 e. The molecule has 1 aliphatic rings. The van der Waals surface area contributed by atoms with E-state index in [1.54, 1.807) is 11.1 Å². The average Bonchev–Trinajstić information content (AvgIpc) is 3.02. The number of imidazole rings is 1. The highest BCUT2D eigenvalue weighted by Crippen LogP contribution is 2.26. The lowest BCUT2D eigenvalue weighted by atomic mass is 9.86. The average molecular weight is 327 g/mol. The van der Waals surface area contributed by atoms with Crippen molar-refractivity contribution in [3.8, 4) is 0 Å². The van der Waals surface area contributed by atoms with Crippen LogP contribution in [0.25, 0.3) is 0 Å². The largest absolute Gasteiger partial charge is 0.393 e. The van der Waals surface area contributed by atoms with E-state index < -0.39 is 0 Å². The van der Waals surface area contributed by atoms with Crippen molar-refractivity contribution in [3.63, 3.8) is 0 Å². The van der Waals surface area contributed by atoms with Gasteiger partial charge in [0.1, 0.15) is 5.82 Å². The Balaban J connectivity index is 1.61. The lowest BCUT2D eigenvalue weighted by Gasteiger charge is -2.28. The second-order valence-electron chi connectivity index (χ2n) is 6.66. The van der Waals surface area contributed by atoms with Crippen molar-refractivity contribution < 1.29 is 9.90 Å². The molecule has 0 unspecified atom stereocenters. The first-order valence-corrected chi connectivity index (χ1v) is 8.60. The van der Waals surface area contributed by atoms with Gasteiger partial charge in [0.15, 0.2) is 0 Å². The molecule has 1 saturated carbocycles. The van der Waals surface area contributed by atoms with Crippen LogP contribution in [0.4, 0.5) is 0 Å². The molecule has 24 heavy (non-hydrogen) atoms. The summed E-state index contributed by atoms with van der Waals surface area (Å²) in [7, 11) is 1.84. The van der Waals surface area contributed by atoms with Crippen LogP contribution in [0.2, 0.25) is 0 Å². The van der Waals surface area contributed by atoms with Crippen molar-refractivity contribution in [2.75, 3.05) is 7.05 Å². The topological polar surface area (TPSA) is 58.4 Å². The van der Waals surface area contributed by atoms with E-state index in [1.165, 1.54) is 5.56 Å². The van der Waals surface area contributed by atoms with E-state index in [1.807, 2.05) is 31.4 Å². The van der Waals surface area contributed by atoms with Crippen LogP contribution in [-0.2, 0) is 17.9 Å². The Morgan fingerprint density at radius 3 is 2.67 bits per heavy atom. The minimum Gasteiger partial charge on any atom is -0.393 e. The van der Waals surface area contributed by atoms with Gasteiger partial charge < -0.3 is 14.6 Å². The molecule has 1 aromatic carbocycles. The van der Waals surface area contributed by atoms with Gasteiger partial charge in [-0.1, -0.05) is 30.3 Å². The Labute approximate surface area is 142 Å². The van der Waals surface area contributed by atoms with Gasteiger partial charge in [-0.3, -0.25) is 4.79 Å². The van der Waals surface area contributed by atoms with E-state index in [4.69, 9.17) is 0 Å². The van der Waals surface area contributed by atoms with E-state index in [-0.39, 0.29) is 17.9 Å². The molecule has 3 rings (SSSR count). The van der Waals surface area contributed by atoms with Crippen molar-refractivity contribution in [1.29, 1.82) is 0 Å². The number of aliphatic hydroxyl groups excluding tert-OH is 1. The number of hydrogen-bond acceptors (Lipinski definition) is 3. The molecular weight excluding hydrogens is 302 g/mol. The third kappa shape index (κ3) is 4.03. The molecule has 5 nitrogen and oxygen atoms in total. The van der Waals surface area contributed by atoms with Crippen molar-refractivity contribution in [2.45, 2.75) is 44.9 Å². The predicted octanol–water partition coefficient (Wildman–Crippen LogP) is 2.44. The number of aliphatic hydroxyl groups is 1. The second-order valence-corrected chi connectivity index (χ2v) is 6.66. The van der Waals surface area contributed by atoms with Crippen LogP contribution in [0.3, 0.4) is 0 Å². The summed E-state index contributed by atoms with van der Waals surface area (Å²) in [5, 5.41) is 9.59. The number of nitrogens with zero attached hydrogens (tertiary/aromatic N) is 3. The molecule has 128 valence electrons. The molecule has 0 atom stereocenters. The molecule has 1 aliphatic carbocycles. The molecule has 1 fully saturated rings. The fourth-order valence-electron chi connectivity index (χ4n) is 3.34. The zero-order valence-corrected chi connectivity index (χ0v) is 14.1. The van der Waals surface area contributed by atoms with Gasteiger partial charge in [-0.05, 0) is 31.2 Å². The highest BCUT2D eigenvalue weighted by molar-refractivity contribution is 5.78. The van der Waals surface area contributed by atoms with Gasteiger partial charge in [0.05, 0.1) is 12.6 Å². The zero-order chi connectivity index (χ0) is 16.9. The monoisotopic (exact) mass is 327 g/mol. The summed E-state index contributed by atoms with van der Waals surface area (Å²) in [5.74, 6) is 1.10. The molecule has 1 aromatic heterocycles. The highest BCUT2D eigenvalue weighted by Gasteiger charge is 2.27. The first kappa shape index (κ1) is 16.7. The van der Waals surface area contributed by atoms with Crippen LogP contribution in [0.5, 0.6) is 0 Å². The molecular formula is C19H25N3O2. The Bertz CT molecular complexity index is 660. The Morgan fingerprint density at radius 1 is 1.25 bits per heavy atom. The highest BCUT2D eigenvalue weighted by atomic mass is 16.3. The number of carbonyl (C=O) groups is 1. The van der Waals surface area contributed by atoms with Crippen LogP contribution >= 0.6 is 0 Å². The minimum absolute atomic E-state index is 0.0379. The van der Waals surface area contributed by atoms with E-state index >= 15 is 0 Å². The van der Waals surface area contributed by atoms with Gasteiger partial charge in [-0.2, -0.15) is 0 Å². The molecule has 1 amide bonds. The fraction of sp³-hybridized carbons (Fsp3) is 0.474. The maximum atomic E-state index is 12.6. The van der Waals surface area contributed by atoms with E-state index in [9.17, 15) is 9.90 Å². The summed E-state index contributed by atoms with van der Waals surface area (Å²) >= 11 is 0. The smallest absolute Gasteiger partial charge is 0.225 e. The van der Waals surface area contributed by atoms with Gasteiger partial charge in [0.2, 0.25) is 5.91 Å². The third-order valence-electron chi connectivity index (χ3n) is 4.80. The summed E-state index contributed by atoms with van der Waals surface area (Å²) in [5.41, 5.74) is 1.21. The van der Waals surface area contributed by atoms with E-state index in [0.29, 0.717) is 6.54 Å². The van der Waals surface area contributed by atoms with Crippen molar-refractivity contribution in [1.82, 2.24) is 14.5 Å². The van der Waals surface area contributed by atoms with Crippen molar-refractivity contribution in [2.24, 2.45) is 5.92 Å². The van der Waals surface area contributed by atoms with Crippen LogP contribution in [0.15, 0.2) is 42.7 Å². The summed E-state index contributed by atoms with van der Waals surface area (Å²) in [4.78, 5) is 18.8. The summed E-state index contributed by atoms with van der Waals surface area (Å²) in [6.07, 6.45) is 6.53. The van der Waals surface area contributed by atoms with Gasteiger partial charge in [0.25, 0.3) is 0 Å². The Hall–Kier alpha value is -2.14. The third-order valence-corrected chi connectivity index (χ3v) is 4.80. The number of rotatable bonds is 5. The molecule has 0 spiro atoms. The Morgan fingerprint density at radius 2 is 1.96 bits per heavy atom. The number of hydrogen-bond donors (Lipinski definition) is 1.